The van der Waals surface area contributed by atoms with E-state index in [0.29, 0.717) is 0 Å². The Morgan fingerprint density at radius 3 is 2.18 bits per heavy atom. The molecule has 0 radical (unpaired) electrons. The zero-order chi connectivity index (χ0) is 16.5. The second-order valence-corrected chi connectivity index (χ2v) is 6.08. The number of allylic oxidation sites excluding steroid dienone is 3. The van der Waals surface area contributed by atoms with Gasteiger partial charge in [-0.05, 0) is 39.1 Å². The van der Waals surface area contributed by atoms with Crippen LogP contribution in [-0.2, 0) is 0 Å². The third-order valence-electron chi connectivity index (χ3n) is 4.45. The lowest BCUT2D eigenvalue weighted by Crippen LogP contribution is -2.47. The van der Waals surface area contributed by atoms with E-state index in [4.69, 9.17) is 5.73 Å². The summed E-state index contributed by atoms with van der Waals surface area (Å²) in [4.78, 5) is 7.42. The smallest absolute Gasteiger partial charge is 0.0381 e. The minimum absolute atomic E-state index is 0.846. The maximum Gasteiger partial charge on any atom is 0.0381 e. The Labute approximate surface area is 136 Å². The number of hydrogen-bond donors (Lipinski definition) is 1. The van der Waals surface area contributed by atoms with Crippen LogP contribution < -0.4 is 5.73 Å². The first-order valence-corrected chi connectivity index (χ1v) is 8.48. The number of piperazine rings is 1. The van der Waals surface area contributed by atoms with Crippen LogP contribution in [-0.4, -0.2) is 67.1 Å². The molecule has 0 aromatic heterocycles. The summed E-state index contributed by atoms with van der Waals surface area (Å²) in [6, 6.07) is 0. The van der Waals surface area contributed by atoms with Gasteiger partial charge in [0.25, 0.3) is 0 Å². The number of nitrogens with zero attached hydrogens (tertiary/aromatic N) is 3. The van der Waals surface area contributed by atoms with Gasteiger partial charge in [-0.3, -0.25) is 4.90 Å². The highest BCUT2D eigenvalue weighted by atomic mass is 15.3. The van der Waals surface area contributed by atoms with Crippen LogP contribution in [0.4, 0.5) is 0 Å². The first kappa shape index (κ1) is 18.8. The van der Waals surface area contributed by atoms with E-state index in [0.717, 1.165) is 56.2 Å². The third kappa shape index (κ3) is 5.85. The van der Waals surface area contributed by atoms with Gasteiger partial charge in [-0.15, -0.1) is 0 Å². The maximum atomic E-state index is 6.05. The van der Waals surface area contributed by atoms with Crippen molar-refractivity contribution in [3.05, 3.63) is 35.7 Å². The monoisotopic (exact) mass is 306 g/mol. The Morgan fingerprint density at radius 2 is 1.73 bits per heavy atom. The van der Waals surface area contributed by atoms with Crippen molar-refractivity contribution in [1.29, 1.82) is 0 Å². The number of likely N-dealkylation sites (N-methyl/N-ethyl adjacent to an activating group) is 1. The van der Waals surface area contributed by atoms with Crippen LogP contribution in [0.3, 0.4) is 0 Å². The van der Waals surface area contributed by atoms with Gasteiger partial charge >= 0.3 is 0 Å². The fourth-order valence-electron chi connectivity index (χ4n) is 2.64. The van der Waals surface area contributed by atoms with Gasteiger partial charge in [0.05, 0.1) is 0 Å². The summed E-state index contributed by atoms with van der Waals surface area (Å²) in [7, 11) is 0. The maximum absolute atomic E-state index is 6.05. The van der Waals surface area contributed by atoms with Gasteiger partial charge in [0.1, 0.15) is 0 Å². The summed E-state index contributed by atoms with van der Waals surface area (Å²) >= 11 is 0. The number of hydrogen-bond acceptors (Lipinski definition) is 4. The summed E-state index contributed by atoms with van der Waals surface area (Å²) in [6.07, 6.45) is 3.97. The summed E-state index contributed by atoms with van der Waals surface area (Å²) in [5.41, 5.74) is 9.19. The molecule has 0 saturated carbocycles. The van der Waals surface area contributed by atoms with E-state index in [1.165, 1.54) is 13.1 Å². The number of rotatable bonds is 8. The van der Waals surface area contributed by atoms with Gasteiger partial charge in [0.15, 0.2) is 0 Å². The van der Waals surface area contributed by atoms with Crippen LogP contribution in [0.25, 0.3) is 0 Å². The normalized spacial score (nSPS) is 17.0. The molecule has 0 aliphatic carbocycles. The Morgan fingerprint density at radius 1 is 1.14 bits per heavy atom. The molecule has 22 heavy (non-hydrogen) atoms. The first-order chi connectivity index (χ1) is 10.5. The molecule has 1 aliphatic heterocycles. The molecule has 126 valence electrons. The van der Waals surface area contributed by atoms with Crippen molar-refractivity contribution in [2.24, 2.45) is 5.73 Å². The van der Waals surface area contributed by atoms with Crippen molar-refractivity contribution in [2.45, 2.75) is 27.7 Å². The van der Waals surface area contributed by atoms with Crippen LogP contribution in [0.1, 0.15) is 27.7 Å². The Bertz CT molecular complexity index is 395. The first-order valence-electron chi connectivity index (χ1n) is 8.48. The Hall–Kier alpha value is -1.26. The summed E-state index contributed by atoms with van der Waals surface area (Å²) < 4.78 is 0. The Balaban J connectivity index is 2.50. The largest absolute Gasteiger partial charge is 0.399 e. The predicted molar refractivity (Wildman–Crippen MR) is 96.6 cm³/mol. The lowest BCUT2D eigenvalue weighted by Gasteiger charge is -2.37. The fraction of sp³-hybridized carbons (Fsp3) is 0.667. The van der Waals surface area contributed by atoms with Crippen molar-refractivity contribution in [1.82, 2.24) is 14.7 Å². The van der Waals surface area contributed by atoms with Gasteiger partial charge in [-0.25, -0.2) is 0 Å². The van der Waals surface area contributed by atoms with Gasteiger partial charge in [-0.1, -0.05) is 26.0 Å². The zero-order valence-corrected chi connectivity index (χ0v) is 14.9. The average Bonchev–Trinajstić information content (AvgIpc) is 2.54. The molecule has 2 N–H and O–H groups in total. The van der Waals surface area contributed by atoms with E-state index in [9.17, 15) is 0 Å². The van der Waals surface area contributed by atoms with Crippen LogP contribution in [0.2, 0.25) is 0 Å². The van der Waals surface area contributed by atoms with Crippen LogP contribution in [0.5, 0.6) is 0 Å². The van der Waals surface area contributed by atoms with Crippen molar-refractivity contribution in [3.63, 3.8) is 0 Å². The average molecular weight is 306 g/mol. The molecule has 1 saturated heterocycles. The quantitative estimate of drug-likeness (QED) is 0.698. The number of nitrogens with two attached hydrogens (primary N) is 1. The SMILES string of the molecule is C=C/C(=C\C(N)=C(C)C)N1CCN(CCN(CC)CC)CC1. The summed E-state index contributed by atoms with van der Waals surface area (Å²) in [5.74, 6) is 0. The van der Waals surface area contributed by atoms with Crippen LogP contribution in [0, 0.1) is 0 Å². The van der Waals surface area contributed by atoms with Gasteiger partial charge in [0, 0.05) is 50.7 Å². The van der Waals surface area contributed by atoms with Crippen LogP contribution in [0.15, 0.2) is 35.7 Å². The summed E-state index contributed by atoms with van der Waals surface area (Å²) in [5, 5.41) is 0. The van der Waals surface area contributed by atoms with Crippen molar-refractivity contribution >= 4 is 0 Å². The molecule has 0 unspecified atom stereocenters. The molecule has 0 amide bonds. The molecule has 1 aliphatic rings. The van der Waals surface area contributed by atoms with Crippen molar-refractivity contribution in [3.8, 4) is 0 Å². The topological polar surface area (TPSA) is 35.7 Å². The highest BCUT2D eigenvalue weighted by molar-refractivity contribution is 5.29. The second-order valence-electron chi connectivity index (χ2n) is 6.08. The summed E-state index contributed by atoms with van der Waals surface area (Å²) in [6.45, 7) is 21.4. The molecule has 0 bridgehead atoms. The second kappa shape index (κ2) is 9.70. The molecule has 4 nitrogen and oxygen atoms in total. The van der Waals surface area contributed by atoms with E-state index in [1.807, 2.05) is 26.0 Å². The highest BCUT2D eigenvalue weighted by Gasteiger charge is 2.17. The molecule has 4 heteroatoms. The van der Waals surface area contributed by atoms with Gasteiger partial charge < -0.3 is 15.5 Å². The van der Waals surface area contributed by atoms with Crippen LogP contribution >= 0.6 is 0 Å². The molecule has 1 heterocycles. The molecule has 0 aromatic rings. The van der Waals surface area contributed by atoms with E-state index < -0.39 is 0 Å². The zero-order valence-electron chi connectivity index (χ0n) is 14.9. The van der Waals surface area contributed by atoms with E-state index >= 15 is 0 Å². The van der Waals surface area contributed by atoms with Crippen molar-refractivity contribution < 1.29 is 0 Å². The van der Waals surface area contributed by atoms with E-state index in [1.54, 1.807) is 0 Å². The minimum atomic E-state index is 0.846. The lowest BCUT2D eigenvalue weighted by atomic mass is 10.2. The molecule has 0 spiro atoms. The minimum Gasteiger partial charge on any atom is -0.399 e. The molecule has 0 aromatic carbocycles. The highest BCUT2D eigenvalue weighted by Crippen LogP contribution is 2.13. The standard InChI is InChI=1S/C18H34N4/c1-6-17(15-18(19)16(4)5)22-13-11-21(12-14-22)10-9-20(7-2)8-3/h6,15H,1,7-14,19H2,2-5H3/b17-15+. The molecule has 0 atom stereocenters. The Kier molecular flexibility index (Phi) is 8.28. The van der Waals surface area contributed by atoms with E-state index in [2.05, 4.69) is 35.1 Å². The molecule has 1 fully saturated rings. The van der Waals surface area contributed by atoms with Gasteiger partial charge in [0.2, 0.25) is 0 Å². The third-order valence-corrected chi connectivity index (χ3v) is 4.45. The van der Waals surface area contributed by atoms with Gasteiger partial charge in [-0.2, -0.15) is 0 Å². The van der Waals surface area contributed by atoms with Crippen molar-refractivity contribution in [2.75, 3.05) is 52.4 Å². The lowest BCUT2D eigenvalue weighted by molar-refractivity contribution is 0.144. The predicted octanol–water partition coefficient (Wildman–Crippen LogP) is 2.27. The molecule has 1 rings (SSSR count). The molecular formula is C18H34N4. The van der Waals surface area contributed by atoms with E-state index in [-0.39, 0.29) is 0 Å². The fourth-order valence-corrected chi connectivity index (χ4v) is 2.64. The molecular weight excluding hydrogens is 272 g/mol.